The summed E-state index contributed by atoms with van der Waals surface area (Å²) in [5.41, 5.74) is 6.57. The Labute approximate surface area is 159 Å². The number of carbonyl (C=O) groups is 1. The third-order valence-corrected chi connectivity index (χ3v) is 5.86. The average Bonchev–Trinajstić information content (AvgIpc) is 3.10. The minimum Gasteiger partial charge on any atom is -0.433 e. The number of anilines is 1. The molecule has 5 nitrogen and oxygen atoms in total. The summed E-state index contributed by atoms with van der Waals surface area (Å²) in [6.45, 7) is -1.02. The summed E-state index contributed by atoms with van der Waals surface area (Å²) in [7, 11) is 0. The molecule has 3 N–H and O–H groups in total. The zero-order chi connectivity index (χ0) is 19.3. The Hall–Kier alpha value is -1.89. The summed E-state index contributed by atoms with van der Waals surface area (Å²) < 4.78 is 29.9. The number of hydrogen-bond donors (Lipinski definition) is 2. The van der Waals surface area contributed by atoms with Gasteiger partial charge in [-0.25, -0.2) is 0 Å². The molecular formula is C20H29F2N3O2. The molecule has 1 atom stereocenters. The third-order valence-electron chi connectivity index (χ3n) is 5.86. The zero-order valence-corrected chi connectivity index (χ0v) is 15.6. The van der Waals surface area contributed by atoms with Gasteiger partial charge in [-0.1, -0.05) is 31.4 Å². The van der Waals surface area contributed by atoms with Crippen molar-refractivity contribution in [2.75, 3.05) is 24.5 Å². The van der Waals surface area contributed by atoms with Crippen molar-refractivity contribution >= 4 is 11.6 Å². The number of nitrogens with one attached hydrogen (secondary N) is 1. The van der Waals surface area contributed by atoms with Crippen LogP contribution in [0.4, 0.5) is 14.5 Å². The van der Waals surface area contributed by atoms with Crippen LogP contribution in [0, 0.1) is 5.41 Å². The number of para-hydroxylation sites is 2. The van der Waals surface area contributed by atoms with E-state index in [-0.39, 0.29) is 23.1 Å². The lowest BCUT2D eigenvalue weighted by molar-refractivity contribution is -0.124. The summed E-state index contributed by atoms with van der Waals surface area (Å²) >= 11 is 0. The van der Waals surface area contributed by atoms with E-state index in [0.29, 0.717) is 31.7 Å². The maximum atomic E-state index is 12.6. The minimum atomic E-state index is -2.85. The second-order valence-corrected chi connectivity index (χ2v) is 7.79. The van der Waals surface area contributed by atoms with Crippen LogP contribution in [-0.2, 0) is 4.79 Å². The van der Waals surface area contributed by atoms with Crippen LogP contribution >= 0.6 is 0 Å². The molecule has 2 fully saturated rings. The molecule has 1 saturated carbocycles. The molecule has 0 radical (unpaired) electrons. The van der Waals surface area contributed by atoms with Crippen molar-refractivity contribution in [3.63, 3.8) is 0 Å². The molecule has 0 spiro atoms. The van der Waals surface area contributed by atoms with Crippen LogP contribution in [0.25, 0.3) is 0 Å². The lowest BCUT2D eigenvalue weighted by Gasteiger charge is -2.36. The fourth-order valence-electron chi connectivity index (χ4n) is 4.39. The monoisotopic (exact) mass is 381 g/mol. The summed E-state index contributed by atoms with van der Waals surface area (Å²) in [5, 5.41) is 3.12. The van der Waals surface area contributed by atoms with Crippen molar-refractivity contribution in [2.24, 2.45) is 11.1 Å². The van der Waals surface area contributed by atoms with Gasteiger partial charge in [0.05, 0.1) is 5.69 Å². The lowest BCUT2D eigenvalue weighted by Crippen LogP contribution is -2.42. The SMILES string of the molecule is NCC1(CC(=O)NC2CCN(c3ccccc3OC(F)F)C2)CCCCC1. The first kappa shape index (κ1) is 19.9. The van der Waals surface area contributed by atoms with E-state index in [9.17, 15) is 13.6 Å². The van der Waals surface area contributed by atoms with Crippen LogP contribution in [0.5, 0.6) is 5.75 Å². The van der Waals surface area contributed by atoms with E-state index in [1.54, 1.807) is 24.3 Å². The Morgan fingerprint density at radius 1 is 1.30 bits per heavy atom. The molecule has 1 aromatic rings. The molecule has 1 unspecified atom stereocenters. The van der Waals surface area contributed by atoms with Gasteiger partial charge in [0, 0.05) is 25.6 Å². The normalized spacial score (nSPS) is 22.1. The maximum Gasteiger partial charge on any atom is 0.387 e. The molecule has 27 heavy (non-hydrogen) atoms. The minimum absolute atomic E-state index is 0.00974. The topological polar surface area (TPSA) is 67.6 Å². The average molecular weight is 381 g/mol. The van der Waals surface area contributed by atoms with Gasteiger partial charge in [-0.05, 0) is 43.4 Å². The molecule has 1 aliphatic carbocycles. The Morgan fingerprint density at radius 3 is 2.74 bits per heavy atom. The Bertz CT molecular complexity index is 635. The van der Waals surface area contributed by atoms with Crippen LogP contribution in [-0.4, -0.2) is 38.2 Å². The Balaban J connectivity index is 1.56. The third kappa shape index (κ3) is 5.09. The molecule has 1 amide bonds. The fourth-order valence-corrected chi connectivity index (χ4v) is 4.39. The number of carbonyl (C=O) groups excluding carboxylic acids is 1. The summed E-state index contributed by atoms with van der Waals surface area (Å²) in [6.07, 6.45) is 6.81. The summed E-state index contributed by atoms with van der Waals surface area (Å²) in [6, 6.07) is 6.80. The molecule has 2 aliphatic rings. The van der Waals surface area contributed by atoms with Gasteiger partial charge in [-0.2, -0.15) is 8.78 Å². The Morgan fingerprint density at radius 2 is 2.04 bits per heavy atom. The van der Waals surface area contributed by atoms with E-state index in [2.05, 4.69) is 10.1 Å². The van der Waals surface area contributed by atoms with Crippen LogP contribution in [0.15, 0.2) is 24.3 Å². The van der Waals surface area contributed by atoms with Gasteiger partial charge in [0.25, 0.3) is 0 Å². The largest absolute Gasteiger partial charge is 0.433 e. The highest BCUT2D eigenvalue weighted by Crippen LogP contribution is 2.38. The van der Waals surface area contributed by atoms with E-state index >= 15 is 0 Å². The predicted molar refractivity (Wildman–Crippen MR) is 101 cm³/mol. The van der Waals surface area contributed by atoms with Gasteiger partial charge in [0.2, 0.25) is 5.91 Å². The highest BCUT2D eigenvalue weighted by Gasteiger charge is 2.34. The second kappa shape index (κ2) is 8.87. The Kier molecular flexibility index (Phi) is 6.52. The van der Waals surface area contributed by atoms with Gasteiger partial charge in [-0.15, -0.1) is 0 Å². The molecular weight excluding hydrogens is 352 g/mol. The van der Waals surface area contributed by atoms with Crippen molar-refractivity contribution in [2.45, 2.75) is 57.6 Å². The van der Waals surface area contributed by atoms with Crippen molar-refractivity contribution in [1.29, 1.82) is 0 Å². The molecule has 1 aliphatic heterocycles. The first-order chi connectivity index (χ1) is 13.0. The van der Waals surface area contributed by atoms with Crippen molar-refractivity contribution < 1.29 is 18.3 Å². The van der Waals surface area contributed by atoms with Crippen LogP contribution in [0.2, 0.25) is 0 Å². The molecule has 1 aromatic carbocycles. The van der Waals surface area contributed by atoms with Crippen LogP contribution in [0.1, 0.15) is 44.9 Å². The number of rotatable bonds is 7. The smallest absolute Gasteiger partial charge is 0.387 e. The van der Waals surface area contributed by atoms with Gasteiger partial charge in [-0.3, -0.25) is 4.79 Å². The predicted octanol–water partition coefficient (Wildman–Crippen LogP) is 3.28. The number of ether oxygens (including phenoxy) is 1. The molecule has 7 heteroatoms. The number of alkyl halides is 2. The van der Waals surface area contributed by atoms with Gasteiger partial charge in [0.1, 0.15) is 5.75 Å². The van der Waals surface area contributed by atoms with E-state index in [1.807, 2.05) is 4.90 Å². The number of hydrogen-bond acceptors (Lipinski definition) is 4. The molecule has 0 bridgehead atoms. The second-order valence-electron chi connectivity index (χ2n) is 7.79. The number of halogens is 2. The number of amides is 1. The summed E-state index contributed by atoms with van der Waals surface area (Å²) in [5.74, 6) is 0.218. The first-order valence-corrected chi connectivity index (χ1v) is 9.79. The highest BCUT2D eigenvalue weighted by atomic mass is 19.3. The first-order valence-electron chi connectivity index (χ1n) is 9.79. The molecule has 1 heterocycles. The van der Waals surface area contributed by atoms with Crippen LogP contribution < -0.4 is 20.7 Å². The number of nitrogens with zero attached hydrogens (tertiary/aromatic N) is 1. The maximum absolute atomic E-state index is 12.6. The molecule has 150 valence electrons. The number of benzene rings is 1. The van der Waals surface area contributed by atoms with Gasteiger partial charge < -0.3 is 20.7 Å². The molecule has 3 rings (SSSR count). The van der Waals surface area contributed by atoms with E-state index in [0.717, 1.165) is 32.1 Å². The molecule has 0 aromatic heterocycles. The van der Waals surface area contributed by atoms with E-state index in [1.165, 1.54) is 6.42 Å². The number of nitrogens with two attached hydrogens (primary N) is 1. The standard InChI is InChI=1S/C20H29F2N3O2/c21-19(22)27-17-7-3-2-6-16(17)25-11-8-15(13-25)24-18(26)12-20(14-23)9-4-1-5-10-20/h2-3,6-7,15,19H,1,4-5,8-14,23H2,(H,24,26). The highest BCUT2D eigenvalue weighted by molar-refractivity contribution is 5.77. The van der Waals surface area contributed by atoms with Crippen LogP contribution in [0.3, 0.4) is 0 Å². The quantitative estimate of drug-likeness (QED) is 0.761. The zero-order valence-electron chi connectivity index (χ0n) is 15.6. The fraction of sp³-hybridized carbons (Fsp3) is 0.650. The van der Waals surface area contributed by atoms with Crippen molar-refractivity contribution in [3.8, 4) is 5.75 Å². The van der Waals surface area contributed by atoms with Crippen molar-refractivity contribution in [1.82, 2.24) is 5.32 Å². The molecule has 1 saturated heterocycles. The van der Waals surface area contributed by atoms with E-state index in [4.69, 9.17) is 5.73 Å². The van der Waals surface area contributed by atoms with Crippen molar-refractivity contribution in [3.05, 3.63) is 24.3 Å². The van der Waals surface area contributed by atoms with Gasteiger partial charge in [0.15, 0.2) is 0 Å². The van der Waals surface area contributed by atoms with Gasteiger partial charge >= 0.3 is 6.61 Å². The van der Waals surface area contributed by atoms with E-state index < -0.39 is 6.61 Å². The summed E-state index contributed by atoms with van der Waals surface area (Å²) in [4.78, 5) is 14.6. The lowest BCUT2D eigenvalue weighted by atomic mass is 9.71.